The van der Waals surface area contributed by atoms with Crippen molar-refractivity contribution in [3.05, 3.63) is 11.7 Å². The van der Waals surface area contributed by atoms with Crippen LogP contribution in [-0.2, 0) is 0 Å². The summed E-state index contributed by atoms with van der Waals surface area (Å²) in [6.07, 6.45) is 3.04. The van der Waals surface area contributed by atoms with E-state index in [1.165, 1.54) is 4.90 Å². The summed E-state index contributed by atoms with van der Waals surface area (Å²) < 4.78 is 5.27. The van der Waals surface area contributed by atoms with E-state index >= 15 is 0 Å². The lowest BCUT2D eigenvalue weighted by atomic mass is 9.97. The van der Waals surface area contributed by atoms with Crippen LogP contribution in [0.1, 0.15) is 49.2 Å². The Hall–Kier alpha value is -1.59. The van der Waals surface area contributed by atoms with Crippen LogP contribution in [0.4, 0.5) is 4.79 Å². The van der Waals surface area contributed by atoms with E-state index in [1.807, 2.05) is 0 Å². The number of hydrogen-bond acceptors (Lipinski definition) is 4. The Bertz CT molecular complexity index is 419. The molecule has 6 nitrogen and oxygen atoms in total. The van der Waals surface area contributed by atoms with Gasteiger partial charge >= 0.3 is 6.09 Å². The number of piperidine rings is 1. The molecule has 0 unspecified atom stereocenters. The van der Waals surface area contributed by atoms with Crippen LogP contribution in [0, 0.1) is 0 Å². The molecule has 2 aliphatic rings. The molecule has 1 aliphatic carbocycles. The number of nitrogens with zero attached hydrogens (tertiary/aromatic N) is 3. The normalized spacial score (nSPS) is 21.8. The molecule has 1 aliphatic heterocycles. The van der Waals surface area contributed by atoms with Crippen LogP contribution in [0.5, 0.6) is 0 Å². The molecule has 1 N–H and O–H groups in total. The topological polar surface area (TPSA) is 79.5 Å². The number of rotatable bonds is 2. The van der Waals surface area contributed by atoms with Gasteiger partial charge in [-0.2, -0.15) is 4.98 Å². The van der Waals surface area contributed by atoms with Gasteiger partial charge in [-0.3, -0.25) is 0 Å². The Labute approximate surface area is 98.6 Å². The predicted molar refractivity (Wildman–Crippen MR) is 57.8 cm³/mol. The fourth-order valence-electron chi connectivity index (χ4n) is 2.24. The Morgan fingerprint density at radius 3 is 2.53 bits per heavy atom. The lowest BCUT2D eigenvalue weighted by Gasteiger charge is -2.27. The molecule has 0 bridgehead atoms. The van der Waals surface area contributed by atoms with Crippen LogP contribution in [0.25, 0.3) is 0 Å². The largest absolute Gasteiger partial charge is 0.465 e. The molecule has 1 saturated carbocycles. The van der Waals surface area contributed by atoms with Crippen molar-refractivity contribution in [2.45, 2.75) is 37.5 Å². The molecule has 92 valence electrons. The Morgan fingerprint density at radius 2 is 1.94 bits per heavy atom. The monoisotopic (exact) mass is 237 g/mol. The first-order valence-corrected chi connectivity index (χ1v) is 6.05. The SMILES string of the molecule is O=C(O)N1CCC(c2nc(C3CC3)no2)CC1. The van der Waals surface area contributed by atoms with Crippen molar-refractivity contribution in [3.8, 4) is 0 Å². The lowest BCUT2D eigenvalue weighted by Crippen LogP contribution is -2.36. The number of likely N-dealkylation sites (tertiary alicyclic amines) is 1. The molecule has 1 aromatic heterocycles. The molecule has 1 amide bonds. The van der Waals surface area contributed by atoms with Gasteiger partial charge in [-0.15, -0.1) is 0 Å². The number of aromatic nitrogens is 2. The molecule has 6 heteroatoms. The van der Waals surface area contributed by atoms with Crippen LogP contribution >= 0.6 is 0 Å². The van der Waals surface area contributed by atoms with Crippen molar-refractivity contribution in [3.63, 3.8) is 0 Å². The zero-order chi connectivity index (χ0) is 11.8. The second-order valence-electron chi connectivity index (χ2n) is 4.81. The van der Waals surface area contributed by atoms with Gasteiger partial charge in [-0.1, -0.05) is 5.16 Å². The van der Waals surface area contributed by atoms with Crippen molar-refractivity contribution in [2.75, 3.05) is 13.1 Å². The molecule has 0 atom stereocenters. The van der Waals surface area contributed by atoms with E-state index in [1.54, 1.807) is 0 Å². The lowest BCUT2D eigenvalue weighted by molar-refractivity contribution is 0.128. The fourth-order valence-corrected chi connectivity index (χ4v) is 2.24. The van der Waals surface area contributed by atoms with Crippen molar-refractivity contribution < 1.29 is 14.4 Å². The molecule has 2 fully saturated rings. The van der Waals surface area contributed by atoms with Gasteiger partial charge in [0.25, 0.3) is 0 Å². The highest BCUT2D eigenvalue weighted by molar-refractivity contribution is 5.65. The molecular weight excluding hydrogens is 222 g/mol. The van der Waals surface area contributed by atoms with Crippen molar-refractivity contribution >= 4 is 6.09 Å². The third-order valence-electron chi connectivity index (χ3n) is 3.51. The molecule has 2 heterocycles. The molecule has 0 radical (unpaired) electrons. The van der Waals surface area contributed by atoms with Crippen LogP contribution < -0.4 is 0 Å². The summed E-state index contributed by atoms with van der Waals surface area (Å²) in [7, 11) is 0. The van der Waals surface area contributed by atoms with Gasteiger partial charge in [0.2, 0.25) is 5.89 Å². The molecule has 1 saturated heterocycles. The predicted octanol–water partition coefficient (Wildman–Crippen LogP) is 1.80. The standard InChI is InChI=1S/C11H15N3O3/c15-11(16)14-5-3-8(4-6-14)10-12-9(13-17-10)7-1-2-7/h7-8H,1-6H2,(H,15,16). The minimum absolute atomic E-state index is 0.227. The van der Waals surface area contributed by atoms with Crippen molar-refractivity contribution in [1.29, 1.82) is 0 Å². The highest BCUT2D eigenvalue weighted by Gasteiger charge is 2.32. The average Bonchev–Trinajstić information content (AvgIpc) is 3.07. The van der Waals surface area contributed by atoms with Crippen LogP contribution in [-0.4, -0.2) is 39.3 Å². The summed E-state index contributed by atoms with van der Waals surface area (Å²) in [5.41, 5.74) is 0. The Balaban J connectivity index is 1.63. The first-order valence-electron chi connectivity index (χ1n) is 6.05. The second-order valence-corrected chi connectivity index (χ2v) is 4.81. The molecule has 1 aromatic rings. The third-order valence-corrected chi connectivity index (χ3v) is 3.51. The van der Waals surface area contributed by atoms with Crippen molar-refractivity contribution in [1.82, 2.24) is 15.0 Å². The summed E-state index contributed by atoms with van der Waals surface area (Å²) >= 11 is 0. The van der Waals surface area contributed by atoms with E-state index in [2.05, 4.69) is 10.1 Å². The highest BCUT2D eigenvalue weighted by atomic mass is 16.5. The zero-order valence-corrected chi connectivity index (χ0v) is 9.50. The summed E-state index contributed by atoms with van der Waals surface area (Å²) in [5, 5.41) is 12.8. The molecule has 3 rings (SSSR count). The number of carboxylic acid groups (broad SMARTS) is 1. The maximum absolute atomic E-state index is 10.8. The van der Waals surface area contributed by atoms with Gasteiger partial charge in [-0.05, 0) is 25.7 Å². The van der Waals surface area contributed by atoms with E-state index in [-0.39, 0.29) is 5.92 Å². The highest BCUT2D eigenvalue weighted by Crippen LogP contribution is 2.39. The van der Waals surface area contributed by atoms with E-state index in [9.17, 15) is 4.79 Å². The summed E-state index contributed by atoms with van der Waals surface area (Å²) in [4.78, 5) is 16.6. The second kappa shape index (κ2) is 4.01. The smallest absolute Gasteiger partial charge is 0.407 e. The summed E-state index contributed by atoms with van der Waals surface area (Å²) in [6, 6.07) is 0. The van der Waals surface area contributed by atoms with Crippen LogP contribution in [0.3, 0.4) is 0 Å². The first-order chi connectivity index (χ1) is 8.24. The average molecular weight is 237 g/mol. The van der Waals surface area contributed by atoms with Gasteiger partial charge < -0.3 is 14.5 Å². The fraction of sp³-hybridized carbons (Fsp3) is 0.727. The van der Waals surface area contributed by atoms with Gasteiger partial charge in [0.15, 0.2) is 5.82 Å². The maximum atomic E-state index is 10.8. The molecular formula is C11H15N3O3. The summed E-state index contributed by atoms with van der Waals surface area (Å²) in [5.74, 6) is 2.26. The van der Waals surface area contributed by atoms with Gasteiger partial charge in [-0.25, -0.2) is 4.79 Å². The van der Waals surface area contributed by atoms with Crippen molar-refractivity contribution in [2.24, 2.45) is 0 Å². The maximum Gasteiger partial charge on any atom is 0.407 e. The number of carbonyl (C=O) groups is 1. The van der Waals surface area contributed by atoms with Gasteiger partial charge in [0, 0.05) is 24.9 Å². The van der Waals surface area contributed by atoms with E-state index in [0.29, 0.717) is 24.9 Å². The molecule has 0 aromatic carbocycles. The van der Waals surface area contributed by atoms with E-state index in [4.69, 9.17) is 9.63 Å². The third kappa shape index (κ3) is 2.11. The van der Waals surface area contributed by atoms with Crippen LogP contribution in [0.15, 0.2) is 4.52 Å². The summed E-state index contributed by atoms with van der Waals surface area (Å²) in [6.45, 7) is 1.11. The minimum Gasteiger partial charge on any atom is -0.465 e. The Kier molecular flexibility index (Phi) is 2.49. The van der Waals surface area contributed by atoms with Gasteiger partial charge in [0.1, 0.15) is 0 Å². The van der Waals surface area contributed by atoms with E-state index < -0.39 is 6.09 Å². The van der Waals surface area contributed by atoms with Crippen LogP contribution in [0.2, 0.25) is 0 Å². The molecule has 17 heavy (non-hydrogen) atoms. The van der Waals surface area contributed by atoms with E-state index in [0.717, 1.165) is 31.5 Å². The van der Waals surface area contributed by atoms with Gasteiger partial charge in [0.05, 0.1) is 0 Å². The zero-order valence-electron chi connectivity index (χ0n) is 9.50. The Morgan fingerprint density at radius 1 is 1.24 bits per heavy atom. The minimum atomic E-state index is -0.840. The molecule has 0 spiro atoms. The number of hydrogen-bond donors (Lipinski definition) is 1. The quantitative estimate of drug-likeness (QED) is 0.848. The number of amides is 1. The first kappa shape index (κ1) is 10.6.